The number of amides is 1. The summed E-state index contributed by atoms with van der Waals surface area (Å²) in [7, 11) is 0. The molecule has 2 atom stereocenters. The Labute approximate surface area is 254 Å². The smallest absolute Gasteiger partial charge is 0.355 e. The van der Waals surface area contributed by atoms with Gasteiger partial charge in [0.25, 0.3) is 0 Å². The van der Waals surface area contributed by atoms with E-state index in [-0.39, 0.29) is 46.6 Å². The molecule has 5 heterocycles. The fourth-order valence-electron chi connectivity index (χ4n) is 6.38. The molecule has 1 aromatic carbocycles. The van der Waals surface area contributed by atoms with Crippen LogP contribution < -0.4 is 15.9 Å². The van der Waals surface area contributed by atoms with Gasteiger partial charge in [0.2, 0.25) is 5.91 Å². The highest BCUT2D eigenvalue weighted by Crippen LogP contribution is 2.37. The second-order valence-electron chi connectivity index (χ2n) is 11.7. The van der Waals surface area contributed by atoms with E-state index in [1.165, 1.54) is 22.8 Å². The van der Waals surface area contributed by atoms with E-state index >= 15 is 8.78 Å². The number of hydrogen-bond acceptors (Lipinski definition) is 7. The Hall–Kier alpha value is -4.67. The first-order valence-electron chi connectivity index (χ1n) is 15.0. The number of aryl methyl sites for hydroxylation is 1. The summed E-state index contributed by atoms with van der Waals surface area (Å²) in [5.74, 6) is -1.34. The van der Waals surface area contributed by atoms with E-state index in [0.717, 1.165) is 5.56 Å². The van der Waals surface area contributed by atoms with Crippen molar-refractivity contribution in [2.45, 2.75) is 58.5 Å². The van der Waals surface area contributed by atoms with E-state index in [0.29, 0.717) is 54.9 Å². The number of anilines is 2. The molecule has 0 spiro atoms. The van der Waals surface area contributed by atoms with Gasteiger partial charge >= 0.3 is 5.69 Å². The average molecular weight is 600 g/mol. The lowest BCUT2D eigenvalue weighted by atomic mass is 10.00. The third kappa shape index (κ3) is 4.80. The summed E-state index contributed by atoms with van der Waals surface area (Å²) in [5, 5.41) is 3.57. The van der Waals surface area contributed by atoms with Crippen molar-refractivity contribution in [1.29, 1.82) is 0 Å². The number of aromatic nitrogens is 4. The molecule has 11 heteroatoms. The lowest BCUT2D eigenvalue weighted by Crippen LogP contribution is -2.59. The van der Waals surface area contributed by atoms with Crippen molar-refractivity contribution < 1.29 is 13.6 Å². The number of nitrogens with zero attached hydrogens (tertiary/aromatic N) is 6. The Kier molecular flexibility index (Phi) is 7.65. The molecule has 1 amide bonds. The van der Waals surface area contributed by atoms with Crippen LogP contribution in [-0.4, -0.2) is 62.0 Å². The van der Waals surface area contributed by atoms with Gasteiger partial charge in [-0.1, -0.05) is 26.5 Å². The molecule has 2 aliphatic heterocycles. The molecular weight excluding hydrogens is 564 g/mol. The molecule has 2 aliphatic rings. The number of nitrogens with one attached hydrogen (secondary N) is 1. The molecule has 9 nitrogen and oxygen atoms in total. The van der Waals surface area contributed by atoms with Gasteiger partial charge in [0.1, 0.15) is 17.3 Å². The molecule has 0 aliphatic carbocycles. The van der Waals surface area contributed by atoms with Gasteiger partial charge in [-0.15, -0.1) is 0 Å². The van der Waals surface area contributed by atoms with Crippen LogP contribution in [0.5, 0.6) is 0 Å². The van der Waals surface area contributed by atoms with Gasteiger partial charge in [-0.25, -0.2) is 23.1 Å². The first-order chi connectivity index (χ1) is 21.1. The maximum atomic E-state index is 16.2. The lowest BCUT2D eigenvalue weighted by molar-refractivity contribution is -0.129. The second-order valence-corrected chi connectivity index (χ2v) is 11.7. The zero-order valence-corrected chi connectivity index (χ0v) is 25.3. The van der Waals surface area contributed by atoms with Crippen LogP contribution in [0.15, 0.2) is 54.0 Å². The number of carbonyl (C=O) groups excluding carboxylic acids is 1. The van der Waals surface area contributed by atoms with E-state index < -0.39 is 17.3 Å². The Morgan fingerprint density at radius 2 is 1.91 bits per heavy atom. The molecule has 1 N–H and O–H groups in total. The van der Waals surface area contributed by atoms with E-state index in [9.17, 15) is 9.59 Å². The maximum Gasteiger partial charge on any atom is 0.355 e. The fraction of sp³-hybridized carbons (Fsp3) is 0.364. The van der Waals surface area contributed by atoms with Gasteiger partial charge in [-0.05, 0) is 68.5 Å². The van der Waals surface area contributed by atoms with Crippen LogP contribution in [-0.2, 0) is 11.2 Å². The normalized spacial score (nSPS) is 18.3. The SMILES string of the molecule is C=CC(=O)N1CCN(c2nc(=O)n3c4nc(c(F)cc24)-c2c(F)cccc2NCCCc2ccnc(C(C)C)c2-3)[C@@H](C)[C@H]1C. The first-order valence-corrected chi connectivity index (χ1v) is 15.0. The van der Waals surface area contributed by atoms with Crippen LogP contribution >= 0.6 is 0 Å². The van der Waals surface area contributed by atoms with Gasteiger partial charge < -0.3 is 15.1 Å². The number of piperazine rings is 1. The van der Waals surface area contributed by atoms with Crippen molar-refractivity contribution in [2.75, 3.05) is 29.9 Å². The van der Waals surface area contributed by atoms with E-state index in [2.05, 4.69) is 21.9 Å². The molecular formula is C33H35F2N7O2. The van der Waals surface area contributed by atoms with E-state index in [1.54, 1.807) is 23.2 Å². The molecule has 0 unspecified atom stereocenters. The zero-order valence-electron chi connectivity index (χ0n) is 25.3. The molecule has 4 aromatic rings. The second kappa shape index (κ2) is 11.4. The minimum atomic E-state index is -0.743. The lowest BCUT2D eigenvalue weighted by Gasteiger charge is -2.45. The minimum absolute atomic E-state index is 0.00105. The zero-order chi connectivity index (χ0) is 31.3. The Balaban J connectivity index is 1.69. The van der Waals surface area contributed by atoms with Gasteiger partial charge in [-0.3, -0.25) is 9.78 Å². The summed E-state index contributed by atoms with van der Waals surface area (Å²) in [6.07, 6.45) is 4.29. The van der Waals surface area contributed by atoms with Crippen molar-refractivity contribution >= 4 is 28.4 Å². The minimum Gasteiger partial charge on any atom is -0.384 e. The van der Waals surface area contributed by atoms with Crippen molar-refractivity contribution in [3.8, 4) is 16.9 Å². The summed E-state index contributed by atoms with van der Waals surface area (Å²) < 4.78 is 33.1. The number of halogens is 2. The van der Waals surface area contributed by atoms with Gasteiger partial charge in [0.15, 0.2) is 11.5 Å². The molecule has 0 saturated carbocycles. The van der Waals surface area contributed by atoms with Gasteiger partial charge in [0, 0.05) is 43.6 Å². The van der Waals surface area contributed by atoms with Crippen molar-refractivity contribution in [2.24, 2.45) is 0 Å². The number of rotatable bonds is 3. The Bertz CT molecular complexity index is 1850. The Morgan fingerprint density at radius 1 is 1.11 bits per heavy atom. The molecule has 2 bridgehead atoms. The van der Waals surface area contributed by atoms with Gasteiger partial charge in [-0.2, -0.15) is 4.98 Å². The van der Waals surface area contributed by atoms with Crippen molar-refractivity contribution in [1.82, 2.24) is 24.4 Å². The molecule has 0 radical (unpaired) electrons. The predicted octanol–water partition coefficient (Wildman–Crippen LogP) is 5.21. The third-order valence-corrected chi connectivity index (χ3v) is 8.79. The number of fused-ring (bicyclic) bond motifs is 5. The molecule has 3 aromatic heterocycles. The summed E-state index contributed by atoms with van der Waals surface area (Å²) in [6, 6.07) is 7.20. The van der Waals surface area contributed by atoms with Crippen molar-refractivity contribution in [3.63, 3.8) is 0 Å². The largest absolute Gasteiger partial charge is 0.384 e. The van der Waals surface area contributed by atoms with Crippen LogP contribution in [0.2, 0.25) is 0 Å². The predicted molar refractivity (Wildman–Crippen MR) is 167 cm³/mol. The monoisotopic (exact) mass is 599 g/mol. The summed E-state index contributed by atoms with van der Waals surface area (Å²) in [5.41, 5.74) is 1.91. The van der Waals surface area contributed by atoms with E-state index in [4.69, 9.17) is 4.98 Å². The first kappa shape index (κ1) is 29.4. The topological polar surface area (TPSA) is 96.3 Å². The summed E-state index contributed by atoms with van der Waals surface area (Å²) in [4.78, 5) is 44.3. The number of hydrogen-bond donors (Lipinski definition) is 1. The van der Waals surface area contributed by atoms with Crippen molar-refractivity contribution in [3.05, 3.63) is 82.6 Å². The van der Waals surface area contributed by atoms with Crippen LogP contribution in [0.4, 0.5) is 20.3 Å². The Morgan fingerprint density at radius 3 is 2.66 bits per heavy atom. The number of carbonyl (C=O) groups is 1. The summed E-state index contributed by atoms with van der Waals surface area (Å²) in [6.45, 7) is 12.7. The highest BCUT2D eigenvalue weighted by atomic mass is 19.1. The number of pyridine rings is 2. The summed E-state index contributed by atoms with van der Waals surface area (Å²) >= 11 is 0. The molecule has 228 valence electrons. The average Bonchev–Trinajstić information content (AvgIpc) is 2.99. The number of benzene rings is 1. The molecule has 44 heavy (non-hydrogen) atoms. The van der Waals surface area contributed by atoms with Crippen LogP contribution in [0.25, 0.3) is 28.0 Å². The van der Waals surface area contributed by atoms with Crippen LogP contribution in [0.1, 0.15) is 51.3 Å². The quantitative estimate of drug-likeness (QED) is 0.323. The van der Waals surface area contributed by atoms with E-state index in [1.807, 2.05) is 38.7 Å². The standard InChI is InChI=1S/C33H35F2N7O2/c1-6-26(43)40-15-16-41(20(5)19(40)4)31-22-17-24(35)29-27-23(34)10-7-11-25(27)36-13-8-9-21-12-14-37-28(18(2)3)30(21)42(32(22)38-29)33(44)39-31/h6-7,10-12,14,17-20,36H,1,8-9,13,15-16H2,2-5H3/t19-,20+/m1/s1. The van der Waals surface area contributed by atoms with Gasteiger partial charge in [0.05, 0.1) is 22.3 Å². The molecule has 1 saturated heterocycles. The molecule has 1 fully saturated rings. The maximum absolute atomic E-state index is 16.2. The highest BCUT2D eigenvalue weighted by molar-refractivity contribution is 5.92. The third-order valence-electron chi connectivity index (χ3n) is 8.79. The fourth-order valence-corrected chi connectivity index (χ4v) is 6.38. The van der Waals surface area contributed by atoms with Crippen LogP contribution in [0.3, 0.4) is 0 Å². The van der Waals surface area contributed by atoms with Crippen LogP contribution in [0, 0.1) is 11.6 Å². The highest BCUT2D eigenvalue weighted by Gasteiger charge is 2.35. The molecule has 6 rings (SSSR count).